The highest BCUT2D eigenvalue weighted by atomic mass is 31.2. The zero-order valence-electron chi connectivity index (χ0n) is 17.6. The zero-order valence-corrected chi connectivity index (χ0v) is 18.5. The molecule has 158 valence electrons. The molecule has 1 saturated heterocycles. The lowest BCUT2D eigenvalue weighted by Crippen LogP contribution is -2.32. The first kappa shape index (κ1) is 21.5. The van der Waals surface area contributed by atoms with Crippen molar-refractivity contribution in [3.05, 3.63) is 108 Å². The fourth-order valence-corrected chi connectivity index (χ4v) is 5.97. The van der Waals surface area contributed by atoms with Gasteiger partial charge < -0.3 is 0 Å². The summed E-state index contributed by atoms with van der Waals surface area (Å²) >= 11 is 0. The van der Waals surface area contributed by atoms with Gasteiger partial charge in [0.15, 0.2) is 5.60 Å². The lowest BCUT2D eigenvalue weighted by molar-refractivity contribution is 0.0816. The van der Waals surface area contributed by atoms with Crippen LogP contribution in [0.2, 0.25) is 0 Å². The Hall–Kier alpha value is -2.74. The number of rotatable bonds is 6. The summed E-state index contributed by atoms with van der Waals surface area (Å²) < 4.78 is 28.0. The van der Waals surface area contributed by atoms with Crippen molar-refractivity contribution < 1.29 is 13.6 Å². The van der Waals surface area contributed by atoms with Gasteiger partial charge in [-0.05, 0) is 30.7 Å². The zero-order chi connectivity index (χ0) is 21.9. The molecule has 1 heterocycles. The van der Waals surface area contributed by atoms with Crippen molar-refractivity contribution in [1.82, 2.24) is 4.67 Å². The van der Waals surface area contributed by atoms with Crippen LogP contribution in [0.25, 0.3) is 0 Å². The largest absolute Gasteiger partial charge is 0.410 e. The van der Waals surface area contributed by atoms with Gasteiger partial charge in [0.2, 0.25) is 0 Å². The van der Waals surface area contributed by atoms with E-state index in [4.69, 9.17) is 9.05 Å². The molecule has 0 radical (unpaired) electrons. The smallest absolute Gasteiger partial charge is 0.287 e. The maximum atomic E-state index is 14.0. The third-order valence-electron chi connectivity index (χ3n) is 5.78. The molecule has 4 rings (SSSR count). The quantitative estimate of drug-likeness (QED) is 0.456. The summed E-state index contributed by atoms with van der Waals surface area (Å²) in [4.78, 5) is 0. The molecule has 4 atom stereocenters. The van der Waals surface area contributed by atoms with Gasteiger partial charge in [0.25, 0.3) is 0 Å². The molecule has 0 aromatic heterocycles. The highest BCUT2D eigenvalue weighted by molar-refractivity contribution is 7.51. The van der Waals surface area contributed by atoms with Crippen molar-refractivity contribution in [2.45, 2.75) is 31.1 Å². The van der Waals surface area contributed by atoms with Crippen LogP contribution in [0.4, 0.5) is 0 Å². The van der Waals surface area contributed by atoms with E-state index >= 15 is 0 Å². The first-order valence-corrected chi connectivity index (χ1v) is 11.8. The Kier molecular flexibility index (Phi) is 6.09. The van der Waals surface area contributed by atoms with Crippen LogP contribution in [-0.4, -0.2) is 17.8 Å². The predicted molar refractivity (Wildman–Crippen MR) is 120 cm³/mol. The second-order valence-electron chi connectivity index (χ2n) is 7.78. The average Bonchev–Trinajstić information content (AvgIpc) is 3.04. The van der Waals surface area contributed by atoms with Crippen LogP contribution in [-0.2, 0) is 25.6 Å². The van der Waals surface area contributed by atoms with E-state index in [-0.39, 0.29) is 12.5 Å². The molecular weight excluding hydrogens is 407 g/mol. The standard InChI is InChI=1S/C25H25N2O3P/c1-20-24(22-14-8-4-9-15-22)29-31(28,27(20)2)30-25(19-26,23-16-10-5-11-17-23)18-21-12-6-3-7-13-21/h3-17,20,24H,18H2,1-2H3/t20-,24+,25-,31-/m0/s1. The van der Waals surface area contributed by atoms with Crippen molar-refractivity contribution in [2.24, 2.45) is 0 Å². The fourth-order valence-electron chi connectivity index (χ4n) is 3.89. The Bertz CT molecular complexity index is 1100. The van der Waals surface area contributed by atoms with Crippen molar-refractivity contribution in [3.63, 3.8) is 0 Å². The van der Waals surface area contributed by atoms with E-state index in [0.717, 1.165) is 11.1 Å². The Morgan fingerprint density at radius 3 is 2.13 bits per heavy atom. The highest BCUT2D eigenvalue weighted by Gasteiger charge is 2.53. The monoisotopic (exact) mass is 432 g/mol. The summed E-state index contributed by atoms with van der Waals surface area (Å²) in [6.45, 7) is 1.95. The van der Waals surface area contributed by atoms with Gasteiger partial charge in [-0.2, -0.15) is 5.26 Å². The SMILES string of the molecule is C[C@H]1[C@H](c2ccccc2)O[P@](=O)(O[C@](C#N)(Cc2ccccc2)c2ccccc2)N1C. The number of hydrogen-bond donors (Lipinski definition) is 0. The van der Waals surface area contributed by atoms with E-state index in [1.807, 2.05) is 97.9 Å². The molecule has 0 N–H and O–H groups in total. The summed E-state index contributed by atoms with van der Waals surface area (Å²) in [5.41, 5.74) is 1.02. The summed E-state index contributed by atoms with van der Waals surface area (Å²) in [5.74, 6) is 0. The van der Waals surface area contributed by atoms with Gasteiger partial charge in [-0.1, -0.05) is 91.0 Å². The number of benzene rings is 3. The molecule has 0 aliphatic carbocycles. The maximum absolute atomic E-state index is 14.0. The Morgan fingerprint density at radius 2 is 1.55 bits per heavy atom. The number of nitriles is 1. The molecule has 1 aliphatic rings. The van der Waals surface area contributed by atoms with E-state index in [1.165, 1.54) is 0 Å². The number of hydrogen-bond acceptors (Lipinski definition) is 4. The van der Waals surface area contributed by atoms with Crippen LogP contribution in [0.5, 0.6) is 0 Å². The lowest BCUT2D eigenvalue weighted by atomic mass is 9.88. The highest BCUT2D eigenvalue weighted by Crippen LogP contribution is 2.65. The summed E-state index contributed by atoms with van der Waals surface area (Å²) in [5, 5.41) is 10.3. The van der Waals surface area contributed by atoms with E-state index in [9.17, 15) is 9.83 Å². The first-order valence-electron chi connectivity index (χ1n) is 10.3. The van der Waals surface area contributed by atoms with Crippen LogP contribution in [0.15, 0.2) is 91.0 Å². The molecule has 3 aromatic carbocycles. The molecule has 1 aliphatic heterocycles. The van der Waals surface area contributed by atoms with E-state index in [2.05, 4.69) is 6.07 Å². The average molecular weight is 432 g/mol. The minimum Gasteiger partial charge on any atom is -0.287 e. The van der Waals surface area contributed by atoms with Gasteiger partial charge >= 0.3 is 7.75 Å². The molecule has 1 fully saturated rings. The summed E-state index contributed by atoms with van der Waals surface area (Å²) in [6, 6.07) is 30.6. The lowest BCUT2D eigenvalue weighted by Gasteiger charge is -2.32. The summed E-state index contributed by atoms with van der Waals surface area (Å²) in [6.07, 6.45) is -0.166. The molecule has 31 heavy (non-hydrogen) atoms. The normalized spacial score (nSPS) is 25.6. The van der Waals surface area contributed by atoms with Crippen LogP contribution in [0, 0.1) is 11.3 Å². The van der Waals surface area contributed by atoms with Gasteiger partial charge in [0.1, 0.15) is 12.2 Å². The maximum Gasteiger partial charge on any atom is 0.410 e. The fraction of sp³-hybridized carbons (Fsp3) is 0.240. The third-order valence-corrected chi connectivity index (χ3v) is 7.95. The second-order valence-corrected chi connectivity index (χ2v) is 9.74. The minimum absolute atomic E-state index is 0.183. The van der Waals surface area contributed by atoms with Gasteiger partial charge in [-0.15, -0.1) is 0 Å². The molecule has 0 saturated carbocycles. The molecule has 0 amide bonds. The molecule has 3 aromatic rings. The predicted octanol–water partition coefficient (Wildman–Crippen LogP) is 5.86. The van der Waals surface area contributed by atoms with Gasteiger partial charge in [-0.3, -0.25) is 9.05 Å². The van der Waals surface area contributed by atoms with E-state index < -0.39 is 19.5 Å². The summed E-state index contributed by atoms with van der Waals surface area (Å²) in [7, 11) is -2.04. The van der Waals surface area contributed by atoms with Gasteiger partial charge in [0.05, 0.1) is 0 Å². The Balaban J connectivity index is 1.73. The van der Waals surface area contributed by atoms with Crippen molar-refractivity contribution in [2.75, 3.05) is 7.05 Å². The topological polar surface area (TPSA) is 62.6 Å². The van der Waals surface area contributed by atoms with E-state index in [0.29, 0.717) is 5.56 Å². The van der Waals surface area contributed by atoms with Gasteiger partial charge in [0, 0.05) is 12.5 Å². The van der Waals surface area contributed by atoms with Gasteiger partial charge in [-0.25, -0.2) is 9.24 Å². The molecular formula is C25H25N2O3P. The second kappa shape index (κ2) is 8.78. The van der Waals surface area contributed by atoms with Crippen LogP contribution < -0.4 is 0 Å². The first-order chi connectivity index (χ1) is 15.0. The number of nitrogens with zero attached hydrogens (tertiary/aromatic N) is 2. The molecule has 0 unspecified atom stereocenters. The molecule has 5 nitrogen and oxygen atoms in total. The van der Waals surface area contributed by atoms with Crippen molar-refractivity contribution in [1.29, 1.82) is 5.26 Å². The Labute approximate surface area is 183 Å². The van der Waals surface area contributed by atoms with Crippen molar-refractivity contribution in [3.8, 4) is 6.07 Å². The van der Waals surface area contributed by atoms with Crippen LogP contribution in [0.1, 0.15) is 29.7 Å². The molecule has 6 heteroatoms. The third kappa shape index (κ3) is 4.21. The Morgan fingerprint density at radius 1 is 1.00 bits per heavy atom. The van der Waals surface area contributed by atoms with E-state index in [1.54, 1.807) is 11.7 Å². The van der Waals surface area contributed by atoms with Crippen molar-refractivity contribution >= 4 is 7.75 Å². The van der Waals surface area contributed by atoms with Crippen LogP contribution >= 0.6 is 7.75 Å². The minimum atomic E-state index is -3.77. The number of likely N-dealkylation sites (N-methyl/N-ethyl adjacent to an activating group) is 1. The molecule has 0 bridgehead atoms. The molecule has 0 spiro atoms. The van der Waals surface area contributed by atoms with Crippen LogP contribution in [0.3, 0.4) is 0 Å².